The summed E-state index contributed by atoms with van der Waals surface area (Å²) < 4.78 is 0. The fraction of sp³-hybridized carbons (Fsp3) is 0.412. The van der Waals surface area contributed by atoms with Crippen LogP contribution in [0.25, 0.3) is 0 Å². The summed E-state index contributed by atoms with van der Waals surface area (Å²) in [5.41, 5.74) is 2.12. The lowest BCUT2D eigenvalue weighted by molar-refractivity contribution is 0.233. The van der Waals surface area contributed by atoms with Crippen molar-refractivity contribution >= 4 is 17.4 Å². The molecule has 24 heavy (non-hydrogen) atoms. The van der Waals surface area contributed by atoms with Gasteiger partial charge < -0.3 is 20.5 Å². The molecule has 0 saturated carbocycles. The molecular formula is C17H24N4O2S. The third-order valence-electron chi connectivity index (χ3n) is 3.87. The van der Waals surface area contributed by atoms with Gasteiger partial charge >= 0.3 is 6.03 Å². The zero-order valence-corrected chi connectivity index (χ0v) is 15.3. The van der Waals surface area contributed by atoms with Crippen LogP contribution in [-0.2, 0) is 6.54 Å². The number of H-pyrrole nitrogens is 1. The second kappa shape index (κ2) is 8.12. The molecular weight excluding hydrogens is 324 g/mol. The van der Waals surface area contributed by atoms with E-state index < -0.39 is 0 Å². The lowest BCUT2D eigenvalue weighted by atomic mass is 10.1. The highest BCUT2D eigenvalue weighted by Crippen LogP contribution is 2.22. The van der Waals surface area contributed by atoms with Gasteiger partial charge in [0.15, 0.2) is 0 Å². The van der Waals surface area contributed by atoms with Gasteiger partial charge in [-0.25, -0.2) is 4.79 Å². The number of likely N-dealkylation sites (N-methyl/N-ethyl adjacent to an activating group) is 1. The SMILES string of the molecule is Cc1cc(C)c(CNC(=O)NCC(c2cccs2)N(C)C)c(=O)[nH]1. The minimum Gasteiger partial charge on any atom is -0.336 e. The Kier molecular flexibility index (Phi) is 6.16. The first kappa shape index (κ1) is 18.2. The fourth-order valence-electron chi connectivity index (χ4n) is 2.54. The number of aromatic amines is 1. The number of thiophene rings is 1. The first-order valence-corrected chi connectivity index (χ1v) is 8.67. The molecule has 0 saturated heterocycles. The summed E-state index contributed by atoms with van der Waals surface area (Å²) in [5.74, 6) is 0. The Hall–Kier alpha value is -2.12. The fourth-order valence-corrected chi connectivity index (χ4v) is 3.46. The van der Waals surface area contributed by atoms with Gasteiger partial charge in [0.2, 0.25) is 0 Å². The maximum Gasteiger partial charge on any atom is 0.315 e. The molecule has 1 unspecified atom stereocenters. The van der Waals surface area contributed by atoms with E-state index in [1.54, 1.807) is 11.3 Å². The summed E-state index contributed by atoms with van der Waals surface area (Å²) in [6.07, 6.45) is 0. The molecule has 0 aliphatic rings. The van der Waals surface area contributed by atoms with Crippen LogP contribution in [0, 0.1) is 13.8 Å². The topological polar surface area (TPSA) is 77.2 Å². The molecule has 3 N–H and O–H groups in total. The molecule has 0 radical (unpaired) electrons. The highest BCUT2D eigenvalue weighted by Gasteiger charge is 2.16. The predicted octanol–water partition coefficient (Wildman–Crippen LogP) is 2.16. The molecule has 2 aromatic heterocycles. The number of hydrogen-bond acceptors (Lipinski definition) is 4. The maximum absolute atomic E-state index is 12.1. The average Bonchev–Trinajstić information content (AvgIpc) is 3.00. The molecule has 130 valence electrons. The van der Waals surface area contributed by atoms with Gasteiger partial charge in [0.25, 0.3) is 5.56 Å². The zero-order valence-electron chi connectivity index (χ0n) is 14.5. The van der Waals surface area contributed by atoms with Crippen molar-refractivity contribution in [3.05, 3.63) is 55.6 Å². The molecule has 2 amide bonds. The van der Waals surface area contributed by atoms with Gasteiger partial charge in [0.1, 0.15) is 0 Å². The van der Waals surface area contributed by atoms with Crippen molar-refractivity contribution in [2.45, 2.75) is 26.4 Å². The van der Waals surface area contributed by atoms with Gasteiger partial charge in [0.05, 0.1) is 12.6 Å². The van der Waals surface area contributed by atoms with E-state index in [1.165, 1.54) is 4.88 Å². The molecule has 0 aliphatic carbocycles. The van der Waals surface area contributed by atoms with E-state index in [4.69, 9.17) is 0 Å². The molecule has 2 rings (SSSR count). The number of rotatable bonds is 6. The number of hydrogen-bond donors (Lipinski definition) is 3. The smallest absolute Gasteiger partial charge is 0.315 e. The van der Waals surface area contributed by atoms with E-state index in [1.807, 2.05) is 45.5 Å². The van der Waals surface area contributed by atoms with Gasteiger partial charge in [-0.05, 0) is 51.0 Å². The van der Waals surface area contributed by atoms with Crippen molar-refractivity contribution in [2.75, 3.05) is 20.6 Å². The number of carbonyl (C=O) groups excluding carboxylic acids is 1. The van der Waals surface area contributed by atoms with Crippen LogP contribution in [0.5, 0.6) is 0 Å². The lowest BCUT2D eigenvalue weighted by Gasteiger charge is -2.23. The Balaban J connectivity index is 1.91. The van der Waals surface area contributed by atoms with Crippen LogP contribution in [0.3, 0.4) is 0 Å². The minimum absolute atomic E-state index is 0.125. The van der Waals surface area contributed by atoms with Crippen LogP contribution >= 0.6 is 11.3 Å². The number of carbonyl (C=O) groups is 1. The van der Waals surface area contributed by atoms with Crippen LogP contribution in [0.1, 0.15) is 27.7 Å². The summed E-state index contributed by atoms with van der Waals surface area (Å²) in [4.78, 5) is 30.0. The number of aromatic nitrogens is 1. The normalized spacial score (nSPS) is 12.2. The predicted molar refractivity (Wildman–Crippen MR) is 97.5 cm³/mol. The van der Waals surface area contributed by atoms with Crippen molar-refractivity contribution in [3.8, 4) is 0 Å². The number of amides is 2. The quantitative estimate of drug-likeness (QED) is 0.749. The lowest BCUT2D eigenvalue weighted by Crippen LogP contribution is -2.40. The summed E-state index contributed by atoms with van der Waals surface area (Å²) in [6.45, 7) is 4.42. The van der Waals surface area contributed by atoms with Crippen LogP contribution < -0.4 is 16.2 Å². The Morgan fingerprint density at radius 2 is 2.08 bits per heavy atom. The largest absolute Gasteiger partial charge is 0.336 e. The van der Waals surface area contributed by atoms with Crippen LogP contribution in [0.2, 0.25) is 0 Å². The van der Waals surface area contributed by atoms with Gasteiger partial charge in [-0.2, -0.15) is 0 Å². The van der Waals surface area contributed by atoms with E-state index in [0.29, 0.717) is 12.1 Å². The second-order valence-corrected chi connectivity index (χ2v) is 6.98. The number of aryl methyl sites for hydroxylation is 2. The first-order valence-electron chi connectivity index (χ1n) is 7.79. The van der Waals surface area contributed by atoms with Gasteiger partial charge in [-0.3, -0.25) is 4.79 Å². The summed E-state index contributed by atoms with van der Waals surface area (Å²) in [7, 11) is 3.97. The van der Waals surface area contributed by atoms with Crippen molar-refractivity contribution in [1.29, 1.82) is 0 Å². The average molecular weight is 348 g/mol. The van der Waals surface area contributed by atoms with Crippen molar-refractivity contribution in [3.63, 3.8) is 0 Å². The molecule has 0 aliphatic heterocycles. The van der Waals surface area contributed by atoms with Crippen LogP contribution in [-0.4, -0.2) is 36.6 Å². The Labute approximate surface area is 145 Å². The van der Waals surface area contributed by atoms with E-state index in [0.717, 1.165) is 11.3 Å². The van der Waals surface area contributed by atoms with E-state index >= 15 is 0 Å². The summed E-state index contributed by atoms with van der Waals surface area (Å²) in [6, 6.07) is 5.81. The highest BCUT2D eigenvalue weighted by molar-refractivity contribution is 7.10. The third kappa shape index (κ3) is 4.69. The maximum atomic E-state index is 12.1. The van der Waals surface area contributed by atoms with Crippen LogP contribution in [0.15, 0.2) is 28.4 Å². The van der Waals surface area contributed by atoms with Gasteiger partial charge in [-0.1, -0.05) is 6.07 Å². The summed E-state index contributed by atoms with van der Waals surface area (Å²) >= 11 is 1.67. The Morgan fingerprint density at radius 1 is 1.33 bits per heavy atom. The molecule has 7 heteroatoms. The molecule has 0 bridgehead atoms. The van der Waals surface area contributed by atoms with Crippen LogP contribution in [0.4, 0.5) is 4.79 Å². The molecule has 1 atom stereocenters. The van der Waals surface area contributed by atoms with E-state index in [9.17, 15) is 9.59 Å². The van der Waals surface area contributed by atoms with Crippen molar-refractivity contribution in [1.82, 2.24) is 20.5 Å². The standard InChI is InChI=1S/C17H24N4O2S/c1-11-8-12(2)20-16(22)13(11)9-18-17(23)19-10-14(21(3)4)15-6-5-7-24-15/h5-8,14H,9-10H2,1-4H3,(H,20,22)(H2,18,19,23). The van der Waals surface area contributed by atoms with Crippen molar-refractivity contribution in [2.24, 2.45) is 0 Å². The second-order valence-electron chi connectivity index (χ2n) is 6.00. The Bertz CT molecular complexity index is 738. The van der Waals surface area contributed by atoms with E-state index in [2.05, 4.69) is 26.6 Å². The summed E-state index contributed by atoms with van der Waals surface area (Å²) in [5, 5.41) is 7.66. The van der Waals surface area contributed by atoms with E-state index in [-0.39, 0.29) is 24.2 Å². The van der Waals surface area contributed by atoms with Gasteiger partial charge in [0, 0.05) is 22.7 Å². The molecule has 2 aromatic rings. The number of pyridine rings is 1. The minimum atomic E-state index is -0.280. The molecule has 6 nitrogen and oxygen atoms in total. The molecule has 0 spiro atoms. The number of urea groups is 1. The molecule has 0 aromatic carbocycles. The molecule has 2 heterocycles. The number of nitrogens with zero attached hydrogens (tertiary/aromatic N) is 1. The Morgan fingerprint density at radius 3 is 2.67 bits per heavy atom. The van der Waals surface area contributed by atoms with Crippen molar-refractivity contribution < 1.29 is 4.79 Å². The first-order chi connectivity index (χ1) is 11.4. The third-order valence-corrected chi connectivity index (χ3v) is 4.84. The molecule has 0 fully saturated rings. The van der Waals surface area contributed by atoms with Gasteiger partial charge in [-0.15, -0.1) is 11.3 Å². The zero-order chi connectivity index (χ0) is 17.7. The number of nitrogens with one attached hydrogen (secondary N) is 3. The monoisotopic (exact) mass is 348 g/mol. The highest BCUT2D eigenvalue weighted by atomic mass is 32.1.